The van der Waals surface area contributed by atoms with Gasteiger partial charge in [0.1, 0.15) is 0 Å². The summed E-state index contributed by atoms with van der Waals surface area (Å²) in [6, 6.07) is 5.62. The quantitative estimate of drug-likeness (QED) is 0.495. The number of amides is 1. The van der Waals surface area contributed by atoms with Crippen LogP contribution in [-0.2, 0) is 4.74 Å². The number of non-ortho nitro benzene ring substituents is 1. The first-order valence-corrected chi connectivity index (χ1v) is 5.43. The lowest BCUT2D eigenvalue weighted by molar-refractivity contribution is -0.384. The van der Waals surface area contributed by atoms with Crippen molar-refractivity contribution in [3.8, 4) is 0 Å². The molecule has 96 valence electrons. The van der Waals surface area contributed by atoms with Crippen molar-refractivity contribution in [1.82, 2.24) is 5.32 Å². The molecule has 0 aliphatic heterocycles. The Labute approximate surface area is 108 Å². The van der Waals surface area contributed by atoms with E-state index >= 15 is 0 Å². The normalized spacial score (nSPS) is 9.39. The van der Waals surface area contributed by atoms with Gasteiger partial charge in [0.05, 0.1) is 11.5 Å². The number of ether oxygens (including phenoxy) is 1. The summed E-state index contributed by atoms with van der Waals surface area (Å²) >= 11 is 4.85. The smallest absolute Gasteiger partial charge is 0.413 e. The molecule has 0 atom stereocenters. The number of benzene rings is 1. The van der Waals surface area contributed by atoms with Crippen LogP contribution in [0.2, 0.25) is 0 Å². The van der Waals surface area contributed by atoms with Crippen LogP contribution >= 0.6 is 12.2 Å². The second-order valence-electron chi connectivity index (χ2n) is 3.10. The maximum atomic E-state index is 11.0. The lowest BCUT2D eigenvalue weighted by Crippen LogP contribution is -2.34. The predicted octanol–water partition coefficient (Wildman–Crippen LogP) is 2.04. The molecule has 1 rings (SSSR count). The largest absolute Gasteiger partial charge is 0.450 e. The first-order chi connectivity index (χ1) is 8.52. The number of rotatable bonds is 3. The van der Waals surface area contributed by atoms with E-state index in [0.717, 1.165) is 0 Å². The van der Waals surface area contributed by atoms with E-state index in [0.29, 0.717) is 5.69 Å². The molecule has 18 heavy (non-hydrogen) atoms. The standard InChI is InChI=1S/C10H11N3O4S/c1-2-17-10(14)12-9(18)11-7-3-5-8(6-4-7)13(15)16/h3-6H,2H2,1H3,(H2,11,12,14,18). The molecule has 0 saturated carbocycles. The minimum Gasteiger partial charge on any atom is -0.450 e. The predicted molar refractivity (Wildman–Crippen MR) is 69.5 cm³/mol. The van der Waals surface area contributed by atoms with Crippen LogP contribution in [0.1, 0.15) is 6.92 Å². The summed E-state index contributed by atoms with van der Waals surface area (Å²) < 4.78 is 4.63. The van der Waals surface area contributed by atoms with Gasteiger partial charge < -0.3 is 10.1 Å². The van der Waals surface area contributed by atoms with Crippen molar-refractivity contribution in [2.45, 2.75) is 6.92 Å². The van der Waals surface area contributed by atoms with Crippen molar-refractivity contribution in [2.24, 2.45) is 0 Å². The lowest BCUT2D eigenvalue weighted by atomic mass is 10.3. The Bertz CT molecular complexity index is 461. The number of alkyl carbamates (subject to hydrolysis) is 1. The van der Waals surface area contributed by atoms with Crippen molar-refractivity contribution < 1.29 is 14.5 Å². The summed E-state index contributed by atoms with van der Waals surface area (Å²) in [5.74, 6) is 0. The van der Waals surface area contributed by atoms with Gasteiger partial charge in [-0.25, -0.2) is 4.79 Å². The Morgan fingerprint density at radius 3 is 2.56 bits per heavy atom. The van der Waals surface area contributed by atoms with Gasteiger partial charge in [0.2, 0.25) is 0 Å². The van der Waals surface area contributed by atoms with Crippen LogP contribution in [0.3, 0.4) is 0 Å². The fourth-order valence-corrected chi connectivity index (χ4v) is 1.29. The highest BCUT2D eigenvalue weighted by atomic mass is 32.1. The summed E-state index contributed by atoms with van der Waals surface area (Å²) in [5.41, 5.74) is 0.507. The molecule has 0 radical (unpaired) electrons. The maximum Gasteiger partial charge on any atom is 0.413 e. The zero-order valence-corrected chi connectivity index (χ0v) is 10.3. The molecule has 0 fully saturated rings. The van der Waals surface area contributed by atoms with E-state index in [1.54, 1.807) is 6.92 Å². The van der Waals surface area contributed by atoms with Gasteiger partial charge >= 0.3 is 6.09 Å². The average Bonchev–Trinajstić information content (AvgIpc) is 2.29. The number of hydrogen-bond acceptors (Lipinski definition) is 5. The van der Waals surface area contributed by atoms with E-state index < -0.39 is 11.0 Å². The highest BCUT2D eigenvalue weighted by Gasteiger charge is 2.07. The van der Waals surface area contributed by atoms with Gasteiger partial charge in [-0.05, 0) is 31.3 Å². The number of nitro benzene ring substituents is 1. The Morgan fingerprint density at radius 1 is 1.44 bits per heavy atom. The molecule has 0 heterocycles. The summed E-state index contributed by atoms with van der Waals surface area (Å²) in [7, 11) is 0. The average molecular weight is 269 g/mol. The topological polar surface area (TPSA) is 93.5 Å². The molecule has 1 aromatic carbocycles. The summed E-state index contributed by atoms with van der Waals surface area (Å²) in [6.07, 6.45) is -0.656. The van der Waals surface area contributed by atoms with Crippen LogP contribution in [0.15, 0.2) is 24.3 Å². The fourth-order valence-electron chi connectivity index (χ4n) is 1.09. The van der Waals surface area contributed by atoms with Gasteiger partial charge in [-0.3, -0.25) is 15.4 Å². The molecule has 0 unspecified atom stereocenters. The van der Waals surface area contributed by atoms with Crippen molar-refractivity contribution in [3.05, 3.63) is 34.4 Å². The Balaban J connectivity index is 2.54. The number of thiocarbonyl (C=S) groups is 1. The molecule has 8 heteroatoms. The number of carbonyl (C=O) groups is 1. The third-order valence-electron chi connectivity index (χ3n) is 1.83. The van der Waals surface area contributed by atoms with Crippen LogP contribution in [0.5, 0.6) is 0 Å². The van der Waals surface area contributed by atoms with E-state index in [-0.39, 0.29) is 17.4 Å². The molecule has 0 aliphatic carbocycles. The third-order valence-corrected chi connectivity index (χ3v) is 2.03. The minimum atomic E-state index is -0.656. The Kier molecular flexibility index (Phi) is 5.00. The number of hydrogen-bond donors (Lipinski definition) is 2. The molecule has 1 amide bonds. The zero-order valence-electron chi connectivity index (χ0n) is 9.50. The van der Waals surface area contributed by atoms with Gasteiger partial charge in [0.25, 0.3) is 5.69 Å². The number of nitrogens with zero attached hydrogens (tertiary/aromatic N) is 1. The van der Waals surface area contributed by atoms with Crippen LogP contribution in [-0.4, -0.2) is 22.7 Å². The lowest BCUT2D eigenvalue weighted by Gasteiger charge is -2.08. The summed E-state index contributed by atoms with van der Waals surface area (Å²) in [4.78, 5) is 21.0. The third kappa shape index (κ3) is 4.34. The van der Waals surface area contributed by atoms with Crippen LogP contribution in [0, 0.1) is 10.1 Å². The van der Waals surface area contributed by atoms with E-state index in [4.69, 9.17) is 12.2 Å². The molecule has 0 aromatic heterocycles. The molecule has 0 saturated heterocycles. The molecular weight excluding hydrogens is 258 g/mol. The molecule has 0 bridgehead atoms. The van der Waals surface area contributed by atoms with Gasteiger partial charge in [-0.1, -0.05) is 0 Å². The molecule has 0 spiro atoms. The maximum absolute atomic E-state index is 11.0. The van der Waals surface area contributed by atoms with Crippen LogP contribution in [0.25, 0.3) is 0 Å². The Hall–Kier alpha value is -2.22. The summed E-state index contributed by atoms with van der Waals surface area (Å²) in [5, 5.41) is 15.5. The number of anilines is 1. The highest BCUT2D eigenvalue weighted by molar-refractivity contribution is 7.80. The second-order valence-corrected chi connectivity index (χ2v) is 3.51. The Morgan fingerprint density at radius 2 is 2.06 bits per heavy atom. The van der Waals surface area contributed by atoms with E-state index in [9.17, 15) is 14.9 Å². The van der Waals surface area contributed by atoms with Gasteiger partial charge in [0.15, 0.2) is 5.11 Å². The SMILES string of the molecule is CCOC(=O)NC(=S)Nc1ccc([N+](=O)[O-])cc1. The van der Waals surface area contributed by atoms with Crippen molar-refractivity contribution in [2.75, 3.05) is 11.9 Å². The van der Waals surface area contributed by atoms with Crippen molar-refractivity contribution in [1.29, 1.82) is 0 Å². The fraction of sp³-hybridized carbons (Fsp3) is 0.200. The van der Waals surface area contributed by atoms with E-state index in [1.165, 1.54) is 24.3 Å². The number of carbonyl (C=O) groups excluding carboxylic acids is 1. The molecule has 2 N–H and O–H groups in total. The molecule has 7 nitrogen and oxygen atoms in total. The van der Waals surface area contributed by atoms with Gasteiger partial charge in [0, 0.05) is 17.8 Å². The minimum absolute atomic E-state index is 0.0233. The number of nitrogens with one attached hydrogen (secondary N) is 2. The zero-order chi connectivity index (χ0) is 13.5. The molecule has 0 aliphatic rings. The van der Waals surface area contributed by atoms with Gasteiger partial charge in [-0.15, -0.1) is 0 Å². The van der Waals surface area contributed by atoms with Crippen LogP contribution < -0.4 is 10.6 Å². The van der Waals surface area contributed by atoms with Gasteiger partial charge in [-0.2, -0.15) is 0 Å². The van der Waals surface area contributed by atoms with E-state index in [2.05, 4.69) is 15.4 Å². The monoisotopic (exact) mass is 269 g/mol. The second kappa shape index (κ2) is 6.50. The van der Waals surface area contributed by atoms with Crippen molar-refractivity contribution >= 4 is 34.8 Å². The van der Waals surface area contributed by atoms with E-state index in [1.807, 2.05) is 0 Å². The van der Waals surface area contributed by atoms with Crippen molar-refractivity contribution in [3.63, 3.8) is 0 Å². The first-order valence-electron chi connectivity index (χ1n) is 5.02. The first kappa shape index (κ1) is 13.8. The van der Waals surface area contributed by atoms with Crippen LogP contribution in [0.4, 0.5) is 16.2 Å². The molecule has 1 aromatic rings. The highest BCUT2D eigenvalue weighted by Crippen LogP contribution is 2.15. The summed E-state index contributed by atoms with van der Waals surface area (Å²) in [6.45, 7) is 1.92. The number of nitro groups is 1. The molecular formula is C10H11N3O4S.